The summed E-state index contributed by atoms with van der Waals surface area (Å²) in [5, 5.41) is 8.47. The van der Waals surface area contributed by atoms with E-state index >= 15 is 0 Å². The molecule has 0 aliphatic carbocycles. The molecule has 0 amide bonds. The minimum atomic E-state index is -0.235. The number of aromatic nitrogens is 2. The first-order chi connectivity index (χ1) is 10.2. The Bertz CT molecular complexity index is 565. The van der Waals surface area contributed by atoms with E-state index in [2.05, 4.69) is 24.3 Å². The molecule has 1 unspecified atom stereocenters. The van der Waals surface area contributed by atoms with E-state index in [9.17, 15) is 4.39 Å². The second-order valence-corrected chi connectivity index (χ2v) is 5.45. The fourth-order valence-electron chi connectivity index (χ4n) is 2.37. The van der Waals surface area contributed by atoms with Gasteiger partial charge in [0.25, 0.3) is 0 Å². The molecule has 0 aliphatic rings. The van der Waals surface area contributed by atoms with Crippen LogP contribution in [0, 0.1) is 5.82 Å². The van der Waals surface area contributed by atoms with Crippen LogP contribution in [0.25, 0.3) is 0 Å². The Morgan fingerprint density at radius 2 is 1.95 bits per heavy atom. The van der Waals surface area contributed by atoms with Crippen molar-refractivity contribution >= 4 is 11.6 Å². The summed E-state index contributed by atoms with van der Waals surface area (Å²) >= 11 is 6.34. The number of nitrogens with one attached hydrogen (secondary N) is 1. The van der Waals surface area contributed by atoms with Crippen molar-refractivity contribution in [1.82, 2.24) is 15.1 Å². The van der Waals surface area contributed by atoms with Crippen molar-refractivity contribution in [2.45, 2.75) is 39.3 Å². The molecule has 3 nitrogen and oxygen atoms in total. The molecule has 5 heteroatoms. The van der Waals surface area contributed by atoms with Crippen molar-refractivity contribution in [3.8, 4) is 0 Å². The van der Waals surface area contributed by atoms with Gasteiger partial charge in [0.05, 0.1) is 23.0 Å². The predicted octanol–water partition coefficient (Wildman–Crippen LogP) is 4.17. The number of benzene rings is 1. The average Bonchev–Trinajstić information content (AvgIpc) is 2.83. The Labute approximate surface area is 130 Å². The Kier molecular flexibility index (Phi) is 5.76. The Morgan fingerprint density at radius 3 is 2.57 bits per heavy atom. The van der Waals surface area contributed by atoms with Gasteiger partial charge in [-0.2, -0.15) is 5.10 Å². The summed E-state index contributed by atoms with van der Waals surface area (Å²) in [6, 6.07) is 6.46. The number of halogens is 2. The van der Waals surface area contributed by atoms with Crippen LogP contribution in [0.4, 0.5) is 4.39 Å². The van der Waals surface area contributed by atoms with E-state index in [-0.39, 0.29) is 11.9 Å². The monoisotopic (exact) mass is 309 g/mol. The molecule has 2 aromatic rings. The van der Waals surface area contributed by atoms with Gasteiger partial charge in [0, 0.05) is 6.54 Å². The van der Waals surface area contributed by atoms with E-state index in [1.165, 1.54) is 12.1 Å². The van der Waals surface area contributed by atoms with E-state index < -0.39 is 0 Å². The number of hydrogen-bond acceptors (Lipinski definition) is 2. The van der Waals surface area contributed by atoms with Gasteiger partial charge >= 0.3 is 0 Å². The molecule has 0 radical (unpaired) electrons. The molecule has 2 rings (SSSR count). The van der Waals surface area contributed by atoms with Gasteiger partial charge in [-0.1, -0.05) is 37.6 Å². The van der Waals surface area contributed by atoms with Crippen LogP contribution in [-0.4, -0.2) is 16.3 Å². The SMILES string of the molecule is CCCNC(c1ccc(F)cc1)c1c(Cl)cnn1CCC. The third kappa shape index (κ3) is 3.83. The van der Waals surface area contributed by atoms with E-state index in [1.54, 1.807) is 18.3 Å². The maximum atomic E-state index is 13.2. The molecular formula is C16H21ClFN3. The molecule has 0 fully saturated rings. The van der Waals surface area contributed by atoms with Crippen molar-refractivity contribution in [2.75, 3.05) is 6.54 Å². The lowest BCUT2D eigenvalue weighted by molar-refractivity contribution is 0.511. The lowest BCUT2D eigenvalue weighted by atomic mass is 10.0. The van der Waals surface area contributed by atoms with Crippen molar-refractivity contribution in [3.05, 3.63) is 52.6 Å². The van der Waals surface area contributed by atoms with Crippen LogP contribution < -0.4 is 5.32 Å². The summed E-state index contributed by atoms with van der Waals surface area (Å²) in [5.74, 6) is -0.235. The Hall–Kier alpha value is -1.39. The summed E-state index contributed by atoms with van der Waals surface area (Å²) in [6.45, 7) is 5.88. The Morgan fingerprint density at radius 1 is 1.24 bits per heavy atom. The lowest BCUT2D eigenvalue weighted by Gasteiger charge is -2.21. The number of rotatable bonds is 7. The molecule has 0 spiro atoms. The third-order valence-electron chi connectivity index (χ3n) is 3.34. The minimum Gasteiger partial charge on any atom is -0.305 e. The first-order valence-corrected chi connectivity index (χ1v) is 7.75. The number of nitrogens with zero attached hydrogens (tertiary/aromatic N) is 2. The van der Waals surface area contributed by atoms with E-state index in [1.807, 2.05) is 4.68 Å². The molecule has 0 saturated heterocycles. The molecule has 1 aromatic carbocycles. The van der Waals surface area contributed by atoms with Crippen molar-refractivity contribution < 1.29 is 4.39 Å². The maximum Gasteiger partial charge on any atom is 0.123 e. The van der Waals surface area contributed by atoms with E-state index in [0.717, 1.165) is 37.2 Å². The second-order valence-electron chi connectivity index (χ2n) is 5.04. The predicted molar refractivity (Wildman–Crippen MR) is 84.1 cm³/mol. The van der Waals surface area contributed by atoms with Crippen LogP contribution in [0.2, 0.25) is 5.02 Å². The third-order valence-corrected chi connectivity index (χ3v) is 3.64. The highest BCUT2D eigenvalue weighted by atomic mass is 35.5. The average molecular weight is 310 g/mol. The molecule has 1 N–H and O–H groups in total. The number of hydrogen-bond donors (Lipinski definition) is 1. The van der Waals surface area contributed by atoms with Crippen LogP contribution in [0.3, 0.4) is 0 Å². The zero-order valence-electron chi connectivity index (χ0n) is 12.4. The molecule has 21 heavy (non-hydrogen) atoms. The summed E-state index contributed by atoms with van der Waals surface area (Å²) in [4.78, 5) is 0. The smallest absolute Gasteiger partial charge is 0.123 e. The van der Waals surface area contributed by atoms with Gasteiger partial charge in [0.1, 0.15) is 5.82 Å². The summed E-state index contributed by atoms with van der Waals surface area (Å²) in [5.41, 5.74) is 1.93. The topological polar surface area (TPSA) is 29.9 Å². The van der Waals surface area contributed by atoms with Gasteiger partial charge in [-0.25, -0.2) is 4.39 Å². The Balaban J connectivity index is 2.40. The van der Waals surface area contributed by atoms with E-state index in [4.69, 9.17) is 11.6 Å². The normalized spacial score (nSPS) is 12.6. The van der Waals surface area contributed by atoms with Crippen LogP contribution in [0.5, 0.6) is 0 Å². The largest absolute Gasteiger partial charge is 0.305 e. The molecule has 1 heterocycles. The van der Waals surface area contributed by atoms with Crippen molar-refractivity contribution in [3.63, 3.8) is 0 Å². The quantitative estimate of drug-likeness (QED) is 0.831. The number of aryl methyl sites for hydroxylation is 1. The van der Waals surface area contributed by atoms with Crippen LogP contribution in [-0.2, 0) is 6.54 Å². The summed E-state index contributed by atoms with van der Waals surface area (Å²) < 4.78 is 15.1. The van der Waals surface area contributed by atoms with Gasteiger partial charge in [-0.05, 0) is 37.1 Å². The van der Waals surface area contributed by atoms with E-state index in [0.29, 0.717) is 5.02 Å². The van der Waals surface area contributed by atoms with Crippen molar-refractivity contribution in [1.29, 1.82) is 0 Å². The molecule has 114 valence electrons. The molecule has 0 bridgehead atoms. The molecule has 1 atom stereocenters. The van der Waals surface area contributed by atoms with Gasteiger partial charge < -0.3 is 5.32 Å². The highest BCUT2D eigenvalue weighted by Gasteiger charge is 2.21. The van der Waals surface area contributed by atoms with Crippen molar-refractivity contribution in [2.24, 2.45) is 0 Å². The van der Waals surface area contributed by atoms with Gasteiger partial charge in [-0.15, -0.1) is 0 Å². The molecule has 0 aliphatic heterocycles. The van der Waals surface area contributed by atoms with Gasteiger partial charge in [0.2, 0.25) is 0 Å². The highest BCUT2D eigenvalue weighted by Crippen LogP contribution is 2.28. The standard InChI is InChI=1S/C16H21ClFN3/c1-3-9-19-15(12-5-7-13(18)8-6-12)16-14(17)11-20-21(16)10-4-2/h5-8,11,15,19H,3-4,9-10H2,1-2H3. The van der Waals surface area contributed by atoms with Gasteiger partial charge in [0.15, 0.2) is 0 Å². The zero-order chi connectivity index (χ0) is 15.2. The molecule has 0 saturated carbocycles. The second kappa shape index (κ2) is 7.57. The minimum absolute atomic E-state index is 0.0768. The summed E-state index contributed by atoms with van der Waals surface area (Å²) in [7, 11) is 0. The first kappa shape index (κ1) is 16.0. The van der Waals surface area contributed by atoms with Crippen LogP contribution >= 0.6 is 11.6 Å². The lowest BCUT2D eigenvalue weighted by Crippen LogP contribution is -2.26. The van der Waals surface area contributed by atoms with Crippen LogP contribution in [0.1, 0.15) is 44.0 Å². The summed E-state index contributed by atoms with van der Waals surface area (Å²) in [6.07, 6.45) is 3.67. The van der Waals surface area contributed by atoms with Crippen LogP contribution in [0.15, 0.2) is 30.5 Å². The zero-order valence-corrected chi connectivity index (χ0v) is 13.2. The fraction of sp³-hybridized carbons (Fsp3) is 0.438. The maximum absolute atomic E-state index is 13.2. The first-order valence-electron chi connectivity index (χ1n) is 7.37. The highest BCUT2D eigenvalue weighted by molar-refractivity contribution is 6.31. The van der Waals surface area contributed by atoms with Gasteiger partial charge in [-0.3, -0.25) is 4.68 Å². The molecular weight excluding hydrogens is 289 g/mol. The molecule has 1 aromatic heterocycles. The fourth-order valence-corrected chi connectivity index (χ4v) is 2.62.